The zero-order chi connectivity index (χ0) is 12.6. The second-order valence-corrected chi connectivity index (χ2v) is 5.85. The molecule has 0 aliphatic rings. The maximum Gasteiger partial charge on any atom is 0.348 e. The van der Waals surface area contributed by atoms with Gasteiger partial charge in [0.05, 0.1) is 16.7 Å². The standard InChI is InChI=1S/C9H8BrClN4OS/c1-4-7(10)5(2)15(9(16)12-4)3-6-13-14-8(11)17-6/h3H2,1-2H3. The quantitative estimate of drug-likeness (QED) is 0.844. The molecule has 90 valence electrons. The minimum Gasteiger partial charge on any atom is -0.289 e. The molecule has 2 aromatic rings. The van der Waals surface area contributed by atoms with Crippen LogP contribution in [0.25, 0.3) is 0 Å². The fourth-order valence-electron chi connectivity index (χ4n) is 1.40. The van der Waals surface area contributed by atoms with Crippen molar-refractivity contribution < 1.29 is 0 Å². The Hall–Kier alpha value is -0.790. The first-order valence-corrected chi connectivity index (χ1v) is 6.69. The topological polar surface area (TPSA) is 60.7 Å². The average molecular weight is 336 g/mol. The fraction of sp³-hybridized carbons (Fsp3) is 0.333. The van der Waals surface area contributed by atoms with Crippen molar-refractivity contribution in [2.75, 3.05) is 0 Å². The molecule has 0 N–H and O–H groups in total. The fourth-order valence-corrected chi connectivity index (χ4v) is 2.55. The molecule has 0 unspecified atom stereocenters. The Labute approximate surface area is 115 Å². The molecule has 2 aromatic heterocycles. The Morgan fingerprint density at radius 3 is 2.71 bits per heavy atom. The number of rotatable bonds is 2. The van der Waals surface area contributed by atoms with Gasteiger partial charge in [0.2, 0.25) is 4.47 Å². The zero-order valence-electron chi connectivity index (χ0n) is 9.07. The number of hydrogen-bond donors (Lipinski definition) is 0. The summed E-state index contributed by atoms with van der Waals surface area (Å²) in [4.78, 5) is 15.7. The van der Waals surface area contributed by atoms with Gasteiger partial charge in [0.25, 0.3) is 0 Å². The highest BCUT2D eigenvalue weighted by Gasteiger charge is 2.11. The summed E-state index contributed by atoms with van der Waals surface area (Å²) < 4.78 is 2.73. The van der Waals surface area contributed by atoms with Crippen LogP contribution in [0.4, 0.5) is 0 Å². The van der Waals surface area contributed by atoms with Gasteiger partial charge in [-0.15, -0.1) is 10.2 Å². The van der Waals surface area contributed by atoms with Gasteiger partial charge in [-0.3, -0.25) is 4.57 Å². The van der Waals surface area contributed by atoms with Gasteiger partial charge >= 0.3 is 5.69 Å². The lowest BCUT2D eigenvalue weighted by molar-refractivity contribution is 0.680. The van der Waals surface area contributed by atoms with E-state index in [1.165, 1.54) is 15.9 Å². The van der Waals surface area contributed by atoms with Crippen LogP contribution in [0, 0.1) is 13.8 Å². The van der Waals surface area contributed by atoms with Crippen LogP contribution in [0.3, 0.4) is 0 Å². The van der Waals surface area contributed by atoms with Crippen LogP contribution in [0.5, 0.6) is 0 Å². The molecule has 0 atom stereocenters. The van der Waals surface area contributed by atoms with E-state index in [0.29, 0.717) is 21.7 Å². The Balaban J connectivity index is 2.46. The van der Waals surface area contributed by atoms with Gasteiger partial charge in [-0.1, -0.05) is 11.3 Å². The lowest BCUT2D eigenvalue weighted by Gasteiger charge is -2.10. The molecule has 0 aromatic carbocycles. The summed E-state index contributed by atoms with van der Waals surface area (Å²) in [7, 11) is 0. The van der Waals surface area contributed by atoms with Crippen molar-refractivity contribution in [3.8, 4) is 0 Å². The van der Waals surface area contributed by atoms with Gasteiger partial charge in [0.1, 0.15) is 5.01 Å². The number of hydrogen-bond acceptors (Lipinski definition) is 5. The van der Waals surface area contributed by atoms with Crippen LogP contribution >= 0.6 is 38.9 Å². The van der Waals surface area contributed by atoms with Crippen LogP contribution in [0.2, 0.25) is 4.47 Å². The monoisotopic (exact) mass is 334 g/mol. The lowest BCUT2D eigenvalue weighted by Crippen LogP contribution is -2.26. The van der Waals surface area contributed by atoms with Crippen molar-refractivity contribution in [2.45, 2.75) is 20.4 Å². The van der Waals surface area contributed by atoms with Crippen LogP contribution < -0.4 is 5.69 Å². The second kappa shape index (κ2) is 4.83. The Morgan fingerprint density at radius 2 is 2.12 bits per heavy atom. The molecular formula is C9H8BrClN4OS. The van der Waals surface area contributed by atoms with Gasteiger partial charge < -0.3 is 0 Å². The first-order valence-electron chi connectivity index (χ1n) is 4.70. The average Bonchev–Trinajstić information content (AvgIpc) is 2.67. The second-order valence-electron chi connectivity index (χ2n) is 3.41. The molecule has 5 nitrogen and oxygen atoms in total. The third-order valence-electron chi connectivity index (χ3n) is 2.27. The van der Waals surface area contributed by atoms with Crippen LogP contribution in [-0.4, -0.2) is 19.7 Å². The smallest absolute Gasteiger partial charge is 0.289 e. The number of halogens is 2. The zero-order valence-corrected chi connectivity index (χ0v) is 12.2. The van der Waals surface area contributed by atoms with E-state index >= 15 is 0 Å². The lowest BCUT2D eigenvalue weighted by atomic mass is 10.3. The predicted octanol–water partition coefficient (Wildman–Crippen LogP) is 2.18. The molecule has 0 saturated heterocycles. The molecule has 8 heteroatoms. The molecule has 0 fully saturated rings. The van der Waals surface area contributed by atoms with E-state index in [9.17, 15) is 4.79 Å². The Bertz CT molecular complexity index is 624. The number of nitrogens with zero attached hydrogens (tertiary/aromatic N) is 4. The van der Waals surface area contributed by atoms with E-state index < -0.39 is 0 Å². The SMILES string of the molecule is Cc1nc(=O)n(Cc2nnc(Cl)s2)c(C)c1Br. The molecule has 2 rings (SSSR count). The molecular weight excluding hydrogens is 328 g/mol. The summed E-state index contributed by atoms with van der Waals surface area (Å²) in [6, 6.07) is 0. The highest BCUT2D eigenvalue weighted by atomic mass is 79.9. The van der Waals surface area contributed by atoms with Crippen molar-refractivity contribution in [1.29, 1.82) is 0 Å². The molecule has 0 aliphatic heterocycles. The first kappa shape index (κ1) is 12.7. The van der Waals surface area contributed by atoms with Crippen LogP contribution in [0.15, 0.2) is 9.27 Å². The molecule has 17 heavy (non-hydrogen) atoms. The van der Waals surface area contributed by atoms with E-state index in [1.54, 1.807) is 6.92 Å². The largest absolute Gasteiger partial charge is 0.348 e. The highest BCUT2D eigenvalue weighted by Crippen LogP contribution is 2.19. The normalized spacial score (nSPS) is 10.8. The van der Waals surface area contributed by atoms with Crippen molar-refractivity contribution in [3.63, 3.8) is 0 Å². The maximum absolute atomic E-state index is 11.8. The minimum absolute atomic E-state index is 0.297. The maximum atomic E-state index is 11.8. The van der Waals surface area contributed by atoms with Crippen molar-refractivity contribution in [3.05, 3.63) is 35.8 Å². The molecule has 0 aliphatic carbocycles. The molecule has 0 radical (unpaired) electrons. The van der Waals surface area contributed by atoms with Gasteiger partial charge in [-0.05, 0) is 41.4 Å². The summed E-state index contributed by atoms with van der Waals surface area (Å²) in [5, 5.41) is 8.26. The van der Waals surface area contributed by atoms with Crippen molar-refractivity contribution >= 4 is 38.9 Å². The Kier molecular flexibility index (Phi) is 3.60. The molecule has 0 amide bonds. The summed E-state index contributed by atoms with van der Waals surface area (Å²) in [5.74, 6) is 0. The number of aryl methyl sites for hydroxylation is 1. The summed E-state index contributed by atoms with van der Waals surface area (Å²) in [6.45, 7) is 3.97. The third kappa shape index (κ3) is 2.56. The summed E-state index contributed by atoms with van der Waals surface area (Å²) >= 11 is 10.3. The molecule has 0 saturated carbocycles. The van der Waals surface area contributed by atoms with E-state index in [1.807, 2.05) is 6.92 Å². The van der Waals surface area contributed by atoms with Gasteiger partial charge in [0, 0.05) is 5.69 Å². The minimum atomic E-state index is -0.297. The van der Waals surface area contributed by atoms with Crippen LogP contribution in [-0.2, 0) is 6.54 Å². The third-order valence-corrected chi connectivity index (χ3v) is 4.42. The highest BCUT2D eigenvalue weighted by molar-refractivity contribution is 9.10. The molecule has 0 spiro atoms. The summed E-state index contributed by atoms with van der Waals surface area (Å²) in [6.07, 6.45) is 0. The van der Waals surface area contributed by atoms with E-state index in [2.05, 4.69) is 31.1 Å². The van der Waals surface area contributed by atoms with Crippen LogP contribution in [0.1, 0.15) is 16.4 Å². The van der Waals surface area contributed by atoms with E-state index in [0.717, 1.165) is 10.2 Å². The van der Waals surface area contributed by atoms with E-state index in [-0.39, 0.29) is 5.69 Å². The molecule has 2 heterocycles. The molecule has 0 bridgehead atoms. The summed E-state index contributed by atoms with van der Waals surface area (Å²) in [5.41, 5.74) is 1.20. The predicted molar refractivity (Wildman–Crippen MR) is 69.7 cm³/mol. The Morgan fingerprint density at radius 1 is 1.41 bits per heavy atom. The van der Waals surface area contributed by atoms with Crippen molar-refractivity contribution in [1.82, 2.24) is 19.7 Å². The van der Waals surface area contributed by atoms with Gasteiger partial charge in [-0.25, -0.2) is 4.79 Å². The number of aromatic nitrogens is 4. The van der Waals surface area contributed by atoms with Gasteiger partial charge in [0.15, 0.2) is 0 Å². The van der Waals surface area contributed by atoms with E-state index in [4.69, 9.17) is 11.6 Å². The van der Waals surface area contributed by atoms with Crippen molar-refractivity contribution in [2.24, 2.45) is 0 Å². The van der Waals surface area contributed by atoms with Gasteiger partial charge in [-0.2, -0.15) is 4.98 Å². The first-order chi connectivity index (χ1) is 7.99.